The molecule has 5 aromatic carbocycles. The Morgan fingerprint density at radius 2 is 0.580 bits per heavy atom. The highest BCUT2D eigenvalue weighted by Crippen LogP contribution is 2.46. The number of benzene rings is 5. The molecule has 0 atom stereocenters. The van der Waals surface area contributed by atoms with E-state index >= 15 is 0 Å². The molecule has 2 heteroatoms. The molecule has 0 N–H and O–H groups in total. The molecule has 0 unspecified atom stereocenters. The fourth-order valence-corrected chi connectivity index (χ4v) is 9.75. The maximum Gasteiger partial charge on any atom is 0.0243 e. The van der Waals surface area contributed by atoms with Gasteiger partial charge in [-0.1, -0.05) is 178 Å². The monoisotopic (exact) mass is 671 g/mol. The average molecular weight is 671 g/mol. The third-order valence-corrected chi connectivity index (χ3v) is 12.5. The molecule has 0 saturated heterocycles. The molecular weight excluding hydrogens is 605 g/mol. The van der Waals surface area contributed by atoms with Crippen LogP contribution in [0.3, 0.4) is 0 Å². The first-order chi connectivity index (χ1) is 24.8. The van der Waals surface area contributed by atoms with Crippen molar-refractivity contribution in [1.29, 1.82) is 0 Å². The van der Waals surface area contributed by atoms with Gasteiger partial charge in [-0.3, -0.25) is 9.80 Å². The first-order valence-electron chi connectivity index (χ1n) is 21.4. The van der Waals surface area contributed by atoms with E-state index in [-0.39, 0.29) is 0 Å². The van der Waals surface area contributed by atoms with Gasteiger partial charge in [-0.2, -0.15) is 0 Å². The Balaban J connectivity index is 0.985. The molecule has 2 nitrogen and oxygen atoms in total. The van der Waals surface area contributed by atoms with Crippen molar-refractivity contribution in [3.05, 3.63) is 70.8 Å². The summed E-state index contributed by atoms with van der Waals surface area (Å²) in [5, 5.41) is 12.0. The van der Waals surface area contributed by atoms with Gasteiger partial charge in [0.2, 0.25) is 0 Å². The summed E-state index contributed by atoms with van der Waals surface area (Å²) in [5.74, 6) is 0. The van der Waals surface area contributed by atoms with Crippen LogP contribution in [0.2, 0.25) is 0 Å². The highest BCUT2D eigenvalue weighted by molar-refractivity contribution is 6.34. The normalized spacial score (nSPS) is 15.1. The molecule has 268 valence electrons. The minimum atomic E-state index is 1.10. The van der Waals surface area contributed by atoms with Gasteiger partial charge in [0.25, 0.3) is 0 Å². The number of hydrogen-bond acceptors (Lipinski definition) is 2. The van der Waals surface area contributed by atoms with Crippen LogP contribution in [-0.2, 0) is 26.2 Å². The lowest BCUT2D eigenvalue weighted by molar-refractivity contribution is 0.246. The van der Waals surface area contributed by atoms with E-state index in [2.05, 4.69) is 72.2 Å². The van der Waals surface area contributed by atoms with Crippen LogP contribution in [0.25, 0.3) is 43.1 Å². The van der Waals surface area contributed by atoms with E-state index in [1.807, 2.05) is 0 Å². The van der Waals surface area contributed by atoms with Crippen LogP contribution in [0, 0.1) is 0 Å². The van der Waals surface area contributed by atoms with E-state index in [4.69, 9.17) is 0 Å². The Hall–Kier alpha value is -2.68. The van der Waals surface area contributed by atoms with Crippen molar-refractivity contribution >= 4 is 43.1 Å². The predicted molar refractivity (Wildman–Crippen MR) is 220 cm³/mol. The van der Waals surface area contributed by atoms with Gasteiger partial charge in [0.1, 0.15) is 0 Å². The van der Waals surface area contributed by atoms with Gasteiger partial charge in [0.15, 0.2) is 0 Å². The quantitative estimate of drug-likeness (QED) is 0.0411. The van der Waals surface area contributed by atoms with Crippen LogP contribution >= 0.6 is 0 Å². The van der Waals surface area contributed by atoms with Crippen molar-refractivity contribution in [2.45, 2.75) is 168 Å². The van der Waals surface area contributed by atoms with Crippen molar-refractivity contribution < 1.29 is 0 Å². The summed E-state index contributed by atoms with van der Waals surface area (Å²) in [7, 11) is 0. The van der Waals surface area contributed by atoms with Gasteiger partial charge in [0.05, 0.1) is 0 Å². The lowest BCUT2D eigenvalue weighted by Crippen LogP contribution is -2.28. The van der Waals surface area contributed by atoms with E-state index in [1.54, 1.807) is 10.8 Å². The van der Waals surface area contributed by atoms with Gasteiger partial charge < -0.3 is 0 Å². The zero-order valence-corrected chi connectivity index (χ0v) is 31.9. The standard InChI is InChI=1S/C48H66N2/c1-3-5-7-9-11-13-15-17-19-21-31-49-33-37-23-27-41-43-29-25-39-35-50(32-22-20-18-16-14-12-10-8-6-4-2)36-40-26-30-44(48(43)46(39)40)42-28-24-38(34-49)45(37)47(41)42/h23-30H,3-22,31-36H2,1-2H3. The Bertz CT molecular complexity index is 1580. The van der Waals surface area contributed by atoms with E-state index in [9.17, 15) is 0 Å². The third kappa shape index (κ3) is 8.03. The topological polar surface area (TPSA) is 6.48 Å². The maximum atomic E-state index is 2.72. The van der Waals surface area contributed by atoms with Gasteiger partial charge >= 0.3 is 0 Å². The fraction of sp³-hybridized carbons (Fsp3) is 0.583. The molecule has 0 fully saturated rings. The molecule has 0 spiro atoms. The van der Waals surface area contributed by atoms with Crippen LogP contribution in [0.15, 0.2) is 48.5 Å². The Morgan fingerprint density at radius 1 is 0.320 bits per heavy atom. The van der Waals surface area contributed by atoms with E-state index in [0.29, 0.717) is 0 Å². The first kappa shape index (κ1) is 35.7. The van der Waals surface area contributed by atoms with Crippen LogP contribution < -0.4 is 0 Å². The SMILES string of the molecule is CCCCCCCCCCCCN1Cc2ccc3c4ccc5c6c(ccc(c7ccc(c2c37)C1)c64)CN(CCCCCCCCCCCC)C5. The van der Waals surface area contributed by atoms with E-state index < -0.39 is 0 Å². The molecule has 0 radical (unpaired) electrons. The van der Waals surface area contributed by atoms with Crippen molar-refractivity contribution in [3.8, 4) is 0 Å². The highest BCUT2D eigenvalue weighted by atomic mass is 15.1. The van der Waals surface area contributed by atoms with E-state index in [1.165, 1.54) is 196 Å². The summed E-state index contributed by atoms with van der Waals surface area (Å²) in [5.41, 5.74) is 6.15. The van der Waals surface area contributed by atoms with Gasteiger partial charge in [-0.15, -0.1) is 0 Å². The number of fused-ring (bicyclic) bond motifs is 2. The van der Waals surface area contributed by atoms with Crippen LogP contribution in [0.5, 0.6) is 0 Å². The molecule has 7 rings (SSSR count). The highest BCUT2D eigenvalue weighted by Gasteiger charge is 2.25. The van der Waals surface area contributed by atoms with Gasteiger partial charge in [-0.25, -0.2) is 0 Å². The van der Waals surface area contributed by atoms with Gasteiger partial charge in [0, 0.05) is 26.2 Å². The largest absolute Gasteiger partial charge is 0.295 e. The molecule has 0 saturated carbocycles. The minimum Gasteiger partial charge on any atom is -0.295 e. The predicted octanol–water partition coefficient (Wildman–Crippen LogP) is 14.2. The van der Waals surface area contributed by atoms with Crippen LogP contribution in [0.4, 0.5) is 0 Å². The molecule has 0 amide bonds. The second-order valence-electron chi connectivity index (χ2n) is 16.4. The zero-order valence-electron chi connectivity index (χ0n) is 31.9. The molecule has 0 aromatic heterocycles. The lowest BCUT2D eigenvalue weighted by Gasteiger charge is -2.32. The van der Waals surface area contributed by atoms with Crippen LogP contribution in [-0.4, -0.2) is 22.9 Å². The molecular formula is C48H66N2. The second kappa shape index (κ2) is 17.7. The minimum absolute atomic E-state index is 1.10. The molecule has 2 aliphatic heterocycles. The Kier molecular flexibility index (Phi) is 12.6. The molecule has 50 heavy (non-hydrogen) atoms. The first-order valence-corrected chi connectivity index (χ1v) is 21.4. The van der Waals surface area contributed by atoms with Crippen molar-refractivity contribution in [3.63, 3.8) is 0 Å². The summed E-state index contributed by atoms with van der Waals surface area (Å²) in [6.07, 6.45) is 28.1. The Labute approximate surface area is 304 Å². The zero-order chi connectivity index (χ0) is 34.1. The second-order valence-corrected chi connectivity index (χ2v) is 16.4. The summed E-state index contributed by atoms with van der Waals surface area (Å²) < 4.78 is 0. The lowest BCUT2D eigenvalue weighted by atomic mass is 9.83. The summed E-state index contributed by atoms with van der Waals surface area (Å²) >= 11 is 0. The molecule has 2 heterocycles. The Morgan fingerprint density at radius 3 is 0.860 bits per heavy atom. The van der Waals surface area contributed by atoms with Crippen molar-refractivity contribution in [1.82, 2.24) is 9.80 Å². The maximum absolute atomic E-state index is 2.72. The molecule has 0 bridgehead atoms. The van der Waals surface area contributed by atoms with E-state index in [0.717, 1.165) is 26.2 Å². The number of unbranched alkanes of at least 4 members (excludes halogenated alkanes) is 18. The van der Waals surface area contributed by atoms with Crippen LogP contribution in [0.1, 0.15) is 165 Å². The molecule has 5 aromatic rings. The molecule has 0 aliphatic carbocycles. The smallest absolute Gasteiger partial charge is 0.0243 e. The number of rotatable bonds is 22. The third-order valence-electron chi connectivity index (χ3n) is 12.5. The fourth-order valence-electron chi connectivity index (χ4n) is 9.75. The summed E-state index contributed by atoms with van der Waals surface area (Å²) in [6.45, 7) is 11.5. The average Bonchev–Trinajstić information content (AvgIpc) is 3.14. The summed E-state index contributed by atoms with van der Waals surface area (Å²) in [4.78, 5) is 5.43. The number of hydrogen-bond donors (Lipinski definition) is 0. The van der Waals surface area contributed by atoms with Crippen molar-refractivity contribution in [2.75, 3.05) is 13.1 Å². The van der Waals surface area contributed by atoms with Crippen molar-refractivity contribution in [2.24, 2.45) is 0 Å². The number of nitrogens with zero attached hydrogens (tertiary/aromatic N) is 2. The molecule has 2 aliphatic rings. The summed E-state index contributed by atoms with van der Waals surface area (Å²) in [6, 6.07) is 19.8. The van der Waals surface area contributed by atoms with Gasteiger partial charge in [-0.05, 0) is 91.3 Å².